The summed E-state index contributed by atoms with van der Waals surface area (Å²) in [4.78, 5) is 15.5. The van der Waals surface area contributed by atoms with E-state index in [0.717, 1.165) is 5.82 Å². The average Bonchev–Trinajstić information content (AvgIpc) is 3.11. The van der Waals surface area contributed by atoms with Crippen LogP contribution in [0.5, 0.6) is 0 Å². The maximum absolute atomic E-state index is 11.1. The fraction of sp³-hybridized carbons (Fsp3) is 0.500. The molecule has 2 aromatic rings. The van der Waals surface area contributed by atoms with E-state index in [4.69, 9.17) is 15.2 Å². The molecule has 0 bridgehead atoms. The van der Waals surface area contributed by atoms with Gasteiger partial charge in [0.25, 0.3) is 0 Å². The van der Waals surface area contributed by atoms with E-state index in [1.807, 2.05) is 5.38 Å². The van der Waals surface area contributed by atoms with Crippen molar-refractivity contribution in [2.45, 2.75) is 25.5 Å². The van der Waals surface area contributed by atoms with Crippen LogP contribution in [0.2, 0.25) is 0 Å². The molecule has 3 heterocycles. The van der Waals surface area contributed by atoms with Crippen LogP contribution >= 0.6 is 11.3 Å². The number of nitrogens with two attached hydrogens (primary N) is 1. The first-order valence-corrected chi connectivity index (χ1v) is 8.06. The van der Waals surface area contributed by atoms with Gasteiger partial charge in [0.2, 0.25) is 5.91 Å². The van der Waals surface area contributed by atoms with E-state index in [1.54, 1.807) is 16.0 Å². The third kappa shape index (κ3) is 3.90. The molecule has 1 atom stereocenters. The lowest BCUT2D eigenvalue weighted by molar-refractivity contribution is -0.117. The van der Waals surface area contributed by atoms with Crippen molar-refractivity contribution < 1.29 is 14.3 Å². The third-order valence-electron chi connectivity index (χ3n) is 3.33. The zero-order valence-corrected chi connectivity index (χ0v) is 12.9. The first kappa shape index (κ1) is 15.1. The van der Waals surface area contributed by atoms with Crippen LogP contribution in [0.25, 0.3) is 0 Å². The van der Waals surface area contributed by atoms with Crippen LogP contribution in [0.15, 0.2) is 16.8 Å². The van der Waals surface area contributed by atoms with Crippen LogP contribution in [0.4, 0.5) is 0 Å². The second-order valence-corrected chi connectivity index (χ2v) is 5.93. The molecule has 3 rings (SSSR count). The predicted octanol–water partition coefficient (Wildman–Crippen LogP) is 0.374. The molecule has 7 nitrogen and oxygen atoms in total. The van der Waals surface area contributed by atoms with Crippen molar-refractivity contribution in [3.63, 3.8) is 0 Å². The van der Waals surface area contributed by atoms with Gasteiger partial charge in [-0.2, -0.15) is 16.4 Å². The van der Waals surface area contributed by atoms with Gasteiger partial charge in [0.05, 0.1) is 32.8 Å². The molecule has 1 amide bonds. The highest BCUT2D eigenvalue weighted by atomic mass is 32.1. The maximum Gasteiger partial charge on any atom is 0.225 e. The normalized spacial score (nSPS) is 18.5. The smallest absolute Gasteiger partial charge is 0.225 e. The van der Waals surface area contributed by atoms with Crippen molar-refractivity contribution in [2.75, 3.05) is 19.8 Å². The summed E-state index contributed by atoms with van der Waals surface area (Å²) in [7, 11) is 0. The van der Waals surface area contributed by atoms with Crippen molar-refractivity contribution in [3.8, 4) is 0 Å². The van der Waals surface area contributed by atoms with E-state index in [1.165, 1.54) is 5.56 Å². The van der Waals surface area contributed by atoms with Gasteiger partial charge in [0, 0.05) is 6.42 Å². The summed E-state index contributed by atoms with van der Waals surface area (Å²) in [5, 5.41) is 8.50. The molecule has 2 aromatic heterocycles. The summed E-state index contributed by atoms with van der Waals surface area (Å²) in [6.07, 6.45) is 0.673. The SMILES string of the molecule is NC(=O)Cc1nc(Cc2ccsc2)n(C[C@@H]2COCCO2)n1. The van der Waals surface area contributed by atoms with Crippen LogP contribution in [-0.2, 0) is 33.7 Å². The number of aromatic nitrogens is 3. The summed E-state index contributed by atoms with van der Waals surface area (Å²) >= 11 is 1.64. The molecule has 1 fully saturated rings. The largest absolute Gasteiger partial charge is 0.376 e. The monoisotopic (exact) mass is 322 g/mol. The molecule has 0 saturated carbocycles. The van der Waals surface area contributed by atoms with Gasteiger partial charge in [0.1, 0.15) is 11.9 Å². The molecule has 22 heavy (non-hydrogen) atoms. The maximum atomic E-state index is 11.1. The van der Waals surface area contributed by atoms with E-state index in [-0.39, 0.29) is 12.5 Å². The van der Waals surface area contributed by atoms with Crippen LogP contribution in [0.1, 0.15) is 17.2 Å². The fourth-order valence-corrected chi connectivity index (χ4v) is 3.01. The number of carbonyl (C=O) groups excluding carboxylic acids is 1. The van der Waals surface area contributed by atoms with Crippen molar-refractivity contribution in [2.24, 2.45) is 5.73 Å². The minimum Gasteiger partial charge on any atom is -0.376 e. The molecule has 0 spiro atoms. The Hall–Kier alpha value is -1.77. The molecule has 0 aromatic carbocycles. The number of ether oxygens (including phenoxy) is 2. The molecule has 2 N–H and O–H groups in total. The van der Waals surface area contributed by atoms with Gasteiger partial charge in [-0.1, -0.05) is 0 Å². The minimum atomic E-state index is -0.434. The molecule has 8 heteroatoms. The van der Waals surface area contributed by atoms with E-state index < -0.39 is 5.91 Å². The minimum absolute atomic E-state index is 0.0434. The van der Waals surface area contributed by atoms with Gasteiger partial charge >= 0.3 is 0 Å². The standard InChI is InChI=1S/C14H18N4O3S/c15-12(19)6-13-16-14(5-10-1-4-22-9-10)18(17-13)7-11-8-20-2-3-21-11/h1,4,9,11H,2-3,5-8H2,(H2,15,19)/t11-/m1/s1. The Morgan fingerprint density at radius 1 is 1.50 bits per heavy atom. The Morgan fingerprint density at radius 3 is 3.09 bits per heavy atom. The highest BCUT2D eigenvalue weighted by Gasteiger charge is 2.19. The molecule has 1 aliphatic rings. The van der Waals surface area contributed by atoms with E-state index in [0.29, 0.717) is 38.6 Å². The molecular weight excluding hydrogens is 304 g/mol. The number of carbonyl (C=O) groups is 1. The highest BCUT2D eigenvalue weighted by molar-refractivity contribution is 7.07. The molecular formula is C14H18N4O3S. The van der Waals surface area contributed by atoms with Gasteiger partial charge < -0.3 is 15.2 Å². The molecule has 0 unspecified atom stereocenters. The van der Waals surface area contributed by atoms with Gasteiger partial charge in [-0.15, -0.1) is 0 Å². The van der Waals surface area contributed by atoms with Crippen LogP contribution in [0, 0.1) is 0 Å². The first-order valence-electron chi connectivity index (χ1n) is 7.12. The number of primary amides is 1. The summed E-state index contributed by atoms with van der Waals surface area (Å²) in [6, 6.07) is 2.05. The van der Waals surface area contributed by atoms with Crippen LogP contribution < -0.4 is 5.73 Å². The summed E-state index contributed by atoms with van der Waals surface area (Å²) in [6.45, 7) is 2.32. The predicted molar refractivity (Wildman–Crippen MR) is 80.6 cm³/mol. The van der Waals surface area contributed by atoms with E-state index >= 15 is 0 Å². The van der Waals surface area contributed by atoms with Crippen molar-refractivity contribution >= 4 is 17.2 Å². The Bertz CT molecular complexity index is 620. The number of amides is 1. The Kier molecular flexibility index (Phi) is 4.81. The second-order valence-electron chi connectivity index (χ2n) is 5.15. The number of thiophene rings is 1. The third-order valence-corrected chi connectivity index (χ3v) is 4.06. The molecule has 0 aliphatic carbocycles. The van der Waals surface area contributed by atoms with Gasteiger partial charge in [-0.25, -0.2) is 9.67 Å². The zero-order valence-electron chi connectivity index (χ0n) is 12.1. The molecule has 0 radical (unpaired) electrons. The van der Waals surface area contributed by atoms with E-state index in [2.05, 4.69) is 21.5 Å². The Labute approximate surface area is 132 Å². The Balaban J connectivity index is 1.78. The zero-order chi connectivity index (χ0) is 15.4. The second kappa shape index (κ2) is 6.99. The lowest BCUT2D eigenvalue weighted by Gasteiger charge is -2.23. The number of hydrogen-bond acceptors (Lipinski definition) is 6. The van der Waals surface area contributed by atoms with E-state index in [9.17, 15) is 4.79 Å². The number of rotatable bonds is 6. The van der Waals surface area contributed by atoms with Gasteiger partial charge in [-0.3, -0.25) is 4.79 Å². The molecule has 118 valence electrons. The average molecular weight is 322 g/mol. The number of hydrogen-bond donors (Lipinski definition) is 1. The molecule has 1 aliphatic heterocycles. The van der Waals surface area contributed by atoms with Gasteiger partial charge in [-0.05, 0) is 22.4 Å². The molecule has 1 saturated heterocycles. The summed E-state index contributed by atoms with van der Waals surface area (Å²) in [5.74, 6) is 0.828. The van der Waals surface area contributed by atoms with Crippen LogP contribution in [-0.4, -0.2) is 46.6 Å². The van der Waals surface area contributed by atoms with Crippen LogP contribution in [0.3, 0.4) is 0 Å². The summed E-state index contributed by atoms with van der Waals surface area (Å²) < 4.78 is 12.9. The van der Waals surface area contributed by atoms with Crippen molar-refractivity contribution in [1.82, 2.24) is 14.8 Å². The quantitative estimate of drug-likeness (QED) is 0.830. The first-order chi connectivity index (χ1) is 10.7. The topological polar surface area (TPSA) is 92.3 Å². The lowest BCUT2D eigenvalue weighted by atomic mass is 10.2. The van der Waals surface area contributed by atoms with Crippen molar-refractivity contribution in [1.29, 1.82) is 0 Å². The highest BCUT2D eigenvalue weighted by Crippen LogP contribution is 2.13. The fourth-order valence-electron chi connectivity index (χ4n) is 2.34. The summed E-state index contributed by atoms with van der Waals surface area (Å²) in [5.41, 5.74) is 6.40. The Morgan fingerprint density at radius 2 is 2.41 bits per heavy atom. The lowest BCUT2D eigenvalue weighted by Crippen LogP contribution is -2.33. The van der Waals surface area contributed by atoms with Gasteiger partial charge in [0.15, 0.2) is 5.82 Å². The number of nitrogens with zero attached hydrogens (tertiary/aromatic N) is 3. The van der Waals surface area contributed by atoms with Crippen molar-refractivity contribution in [3.05, 3.63) is 34.0 Å².